The van der Waals surface area contributed by atoms with Crippen molar-refractivity contribution < 1.29 is 13.0 Å². The first-order valence-electron chi connectivity index (χ1n) is 6.01. The molecule has 0 fully saturated rings. The first kappa shape index (κ1) is 19.9. The number of hydrogen-bond donors (Lipinski definition) is 1. The van der Waals surface area contributed by atoms with Crippen molar-refractivity contribution in [3.05, 3.63) is 0 Å². The molecular weight excluding hydrogens is 251 g/mol. The topological polar surface area (TPSA) is 54.4 Å². The van der Waals surface area contributed by atoms with Crippen LogP contribution in [0.25, 0.3) is 0 Å². The van der Waals surface area contributed by atoms with Gasteiger partial charge >= 0.3 is 51.4 Å². The maximum atomic E-state index is 10.4. The molecule has 5 heteroatoms. The molecule has 0 heterocycles. The van der Waals surface area contributed by atoms with Gasteiger partial charge in [0.25, 0.3) is 10.1 Å². The zero-order valence-electron chi connectivity index (χ0n) is 9.74. The molecule has 0 atom stereocenters. The predicted octanol–water partition coefficient (Wildman–Crippen LogP) is 2.76. The average molecular weight is 276 g/mol. The quantitative estimate of drug-likeness (QED) is 0.379. The van der Waals surface area contributed by atoms with Gasteiger partial charge < -0.3 is 0 Å². The zero-order valence-corrected chi connectivity index (χ0v) is 10.6. The van der Waals surface area contributed by atoms with E-state index in [-0.39, 0.29) is 57.1 Å². The number of rotatable bonds is 10. The normalized spacial score (nSPS) is 11.1. The predicted molar refractivity (Wildman–Crippen MR) is 70.8 cm³/mol. The van der Waals surface area contributed by atoms with Crippen LogP contribution in [0.15, 0.2) is 0 Å². The second kappa shape index (κ2) is 13.0. The van der Waals surface area contributed by atoms with E-state index in [1.165, 1.54) is 38.5 Å². The summed E-state index contributed by atoms with van der Waals surface area (Å²) in [5.41, 5.74) is 0. The fourth-order valence-corrected chi connectivity index (χ4v) is 2.16. The molecule has 0 aliphatic heterocycles. The Kier molecular flexibility index (Phi) is 16.1. The summed E-state index contributed by atoms with van der Waals surface area (Å²) in [5.74, 6) is -0.0805. The van der Waals surface area contributed by atoms with E-state index < -0.39 is 10.1 Å². The van der Waals surface area contributed by atoms with E-state index in [0.29, 0.717) is 6.42 Å². The molecule has 3 nitrogen and oxygen atoms in total. The Hall–Kier alpha value is 1.55. The Morgan fingerprint density at radius 2 is 1.19 bits per heavy atom. The minimum absolute atomic E-state index is 0. The van der Waals surface area contributed by atoms with E-state index in [2.05, 4.69) is 6.92 Å². The molecule has 1 N–H and O–H groups in total. The summed E-state index contributed by atoms with van der Waals surface area (Å²) in [6.07, 6.45) is 10.2. The third-order valence-electron chi connectivity index (χ3n) is 2.51. The van der Waals surface area contributed by atoms with Gasteiger partial charge in [-0.05, 0) is 6.42 Å². The summed E-state index contributed by atoms with van der Waals surface area (Å²) in [5, 5.41) is 0. The van der Waals surface area contributed by atoms with Crippen molar-refractivity contribution in [1.29, 1.82) is 0 Å². The summed E-state index contributed by atoms with van der Waals surface area (Å²) in [4.78, 5) is 0. The van der Waals surface area contributed by atoms with E-state index >= 15 is 0 Å². The van der Waals surface area contributed by atoms with Crippen LogP contribution >= 0.6 is 0 Å². The summed E-state index contributed by atoms with van der Waals surface area (Å²) in [6, 6.07) is 0. The molecule has 0 amide bonds. The maximum absolute atomic E-state index is 10.4. The molecule has 0 saturated heterocycles. The molecule has 0 bridgehead atoms. The van der Waals surface area contributed by atoms with Crippen LogP contribution in [-0.4, -0.2) is 70.1 Å². The SMILES string of the molecule is CCCCCCCCCCCS(=O)(=O)O.[KH]. The molecule has 16 heavy (non-hydrogen) atoms. The van der Waals surface area contributed by atoms with E-state index in [4.69, 9.17) is 4.55 Å². The van der Waals surface area contributed by atoms with Crippen LogP contribution in [0.2, 0.25) is 0 Å². The Bertz CT molecular complexity index is 227. The first-order valence-corrected chi connectivity index (χ1v) is 7.62. The van der Waals surface area contributed by atoms with Gasteiger partial charge in [0, 0.05) is 0 Å². The molecule has 0 aliphatic carbocycles. The van der Waals surface area contributed by atoms with Crippen LogP contribution in [0, 0.1) is 0 Å². The van der Waals surface area contributed by atoms with E-state index in [1.807, 2.05) is 0 Å². The Balaban J connectivity index is 0. The van der Waals surface area contributed by atoms with Crippen molar-refractivity contribution in [2.75, 3.05) is 5.75 Å². The van der Waals surface area contributed by atoms with Crippen LogP contribution in [0.5, 0.6) is 0 Å². The van der Waals surface area contributed by atoms with Crippen LogP contribution in [-0.2, 0) is 10.1 Å². The average Bonchev–Trinajstić information content (AvgIpc) is 2.14. The third kappa shape index (κ3) is 17.9. The standard InChI is InChI=1S/C11H24O3S.K.H/c1-2-3-4-5-6-7-8-9-10-11-15(12,13)14;;/h2-11H2,1H3,(H,12,13,14);;. The van der Waals surface area contributed by atoms with Crippen molar-refractivity contribution in [2.24, 2.45) is 0 Å². The molecule has 0 radical (unpaired) electrons. The van der Waals surface area contributed by atoms with Crippen molar-refractivity contribution in [2.45, 2.75) is 64.7 Å². The first-order chi connectivity index (χ1) is 7.06. The Morgan fingerprint density at radius 3 is 1.56 bits per heavy atom. The van der Waals surface area contributed by atoms with Gasteiger partial charge in [0.2, 0.25) is 0 Å². The van der Waals surface area contributed by atoms with Crippen LogP contribution in [0.3, 0.4) is 0 Å². The van der Waals surface area contributed by atoms with Gasteiger partial charge in [-0.25, -0.2) is 0 Å². The monoisotopic (exact) mass is 276 g/mol. The minimum atomic E-state index is -3.73. The summed E-state index contributed by atoms with van der Waals surface area (Å²) < 4.78 is 29.3. The molecule has 0 aliphatic rings. The van der Waals surface area contributed by atoms with Gasteiger partial charge in [-0.3, -0.25) is 4.55 Å². The molecule has 0 unspecified atom stereocenters. The number of hydrogen-bond acceptors (Lipinski definition) is 2. The van der Waals surface area contributed by atoms with Crippen LogP contribution in [0.1, 0.15) is 64.7 Å². The second-order valence-corrected chi connectivity index (χ2v) is 5.69. The Labute approximate surface area is 143 Å². The van der Waals surface area contributed by atoms with Gasteiger partial charge in [-0.2, -0.15) is 8.42 Å². The van der Waals surface area contributed by atoms with Gasteiger partial charge in [0.1, 0.15) is 0 Å². The third-order valence-corrected chi connectivity index (χ3v) is 3.31. The van der Waals surface area contributed by atoms with E-state index in [1.54, 1.807) is 0 Å². The fourth-order valence-electron chi connectivity index (χ4n) is 1.60. The van der Waals surface area contributed by atoms with Gasteiger partial charge in [-0.15, -0.1) is 0 Å². The molecule has 0 aromatic carbocycles. The Morgan fingerprint density at radius 1 is 0.812 bits per heavy atom. The van der Waals surface area contributed by atoms with Crippen molar-refractivity contribution in [3.63, 3.8) is 0 Å². The number of unbranched alkanes of at least 4 members (excludes halogenated alkanes) is 8. The van der Waals surface area contributed by atoms with Crippen LogP contribution < -0.4 is 0 Å². The van der Waals surface area contributed by atoms with Gasteiger partial charge in [0.05, 0.1) is 5.75 Å². The zero-order chi connectivity index (χ0) is 11.6. The fraction of sp³-hybridized carbons (Fsp3) is 1.00. The van der Waals surface area contributed by atoms with Crippen molar-refractivity contribution in [1.82, 2.24) is 0 Å². The van der Waals surface area contributed by atoms with Crippen molar-refractivity contribution >= 4 is 61.5 Å². The molecule has 0 aromatic heterocycles. The molecule has 94 valence electrons. The molecule has 0 aromatic rings. The van der Waals surface area contributed by atoms with Gasteiger partial charge in [0.15, 0.2) is 0 Å². The van der Waals surface area contributed by atoms with Gasteiger partial charge in [-0.1, -0.05) is 58.3 Å². The molecule has 0 saturated carbocycles. The molecule has 0 rings (SSSR count). The molecule has 0 spiro atoms. The van der Waals surface area contributed by atoms with Crippen LogP contribution in [0.4, 0.5) is 0 Å². The summed E-state index contributed by atoms with van der Waals surface area (Å²) in [7, 11) is -3.73. The second-order valence-electron chi connectivity index (χ2n) is 4.11. The summed E-state index contributed by atoms with van der Waals surface area (Å²) >= 11 is 0. The van der Waals surface area contributed by atoms with Crippen molar-refractivity contribution in [3.8, 4) is 0 Å². The summed E-state index contributed by atoms with van der Waals surface area (Å²) in [6.45, 7) is 2.20. The van der Waals surface area contributed by atoms with E-state index in [9.17, 15) is 8.42 Å². The molecular formula is C11H25KO3S. The van der Waals surface area contributed by atoms with E-state index in [0.717, 1.165) is 12.8 Å².